The van der Waals surface area contributed by atoms with Gasteiger partial charge in [0.1, 0.15) is 11.2 Å². The Labute approximate surface area is 282 Å². The lowest BCUT2D eigenvalue weighted by Gasteiger charge is -2.19. The SMILES string of the molecule is c1ccc2cc(-c3ccc4ccc(-c5c6ccccc6c(-c6ccc7oc8cccc9ccc6c7c98)c6ccccc56)cc4c3)ccc2c1. The van der Waals surface area contributed by atoms with Crippen LogP contribution in [0.15, 0.2) is 174 Å². The molecule has 0 atom stereocenters. The third-order valence-corrected chi connectivity index (χ3v) is 10.6. The van der Waals surface area contributed by atoms with Gasteiger partial charge in [-0.2, -0.15) is 0 Å². The van der Waals surface area contributed by atoms with Crippen molar-refractivity contribution in [2.45, 2.75) is 0 Å². The minimum atomic E-state index is 0.940. The number of benzene rings is 10. The van der Waals surface area contributed by atoms with Crippen molar-refractivity contribution in [3.05, 3.63) is 170 Å². The van der Waals surface area contributed by atoms with Gasteiger partial charge in [-0.1, -0.05) is 133 Å². The fourth-order valence-corrected chi connectivity index (χ4v) is 8.34. The molecule has 0 unspecified atom stereocenters. The molecule has 1 heterocycles. The van der Waals surface area contributed by atoms with Crippen LogP contribution in [0.2, 0.25) is 0 Å². The lowest BCUT2D eigenvalue weighted by molar-refractivity contribution is 0.669. The summed E-state index contributed by atoms with van der Waals surface area (Å²) in [5.41, 5.74) is 9.35. The Balaban J connectivity index is 1.16. The van der Waals surface area contributed by atoms with E-state index in [1.165, 1.54) is 98.0 Å². The molecule has 1 nitrogen and oxygen atoms in total. The second-order valence-corrected chi connectivity index (χ2v) is 13.2. The Morgan fingerprint density at radius 1 is 0.286 bits per heavy atom. The van der Waals surface area contributed by atoms with E-state index >= 15 is 0 Å². The quantitative estimate of drug-likeness (QED) is 0.141. The van der Waals surface area contributed by atoms with Gasteiger partial charge in [0.05, 0.1) is 0 Å². The smallest absolute Gasteiger partial charge is 0.136 e. The van der Waals surface area contributed by atoms with E-state index < -0.39 is 0 Å². The Hall–Kier alpha value is -6.44. The van der Waals surface area contributed by atoms with E-state index in [1.807, 2.05) is 0 Å². The van der Waals surface area contributed by atoms with Crippen molar-refractivity contribution in [1.82, 2.24) is 0 Å². The summed E-state index contributed by atoms with van der Waals surface area (Å²) >= 11 is 0. The van der Waals surface area contributed by atoms with Gasteiger partial charge in [0.15, 0.2) is 0 Å². The third kappa shape index (κ3) is 3.87. The molecule has 226 valence electrons. The monoisotopic (exact) mass is 620 g/mol. The molecule has 0 aliphatic carbocycles. The summed E-state index contributed by atoms with van der Waals surface area (Å²) in [6, 6.07) is 62.3. The predicted molar refractivity (Wildman–Crippen MR) is 209 cm³/mol. The summed E-state index contributed by atoms with van der Waals surface area (Å²) in [6.45, 7) is 0. The third-order valence-electron chi connectivity index (χ3n) is 10.6. The Morgan fingerprint density at radius 3 is 1.55 bits per heavy atom. The van der Waals surface area contributed by atoms with Gasteiger partial charge >= 0.3 is 0 Å². The van der Waals surface area contributed by atoms with Crippen molar-refractivity contribution in [2.75, 3.05) is 0 Å². The molecule has 49 heavy (non-hydrogen) atoms. The number of hydrogen-bond acceptors (Lipinski definition) is 1. The fourth-order valence-electron chi connectivity index (χ4n) is 8.34. The van der Waals surface area contributed by atoms with Crippen LogP contribution < -0.4 is 0 Å². The van der Waals surface area contributed by atoms with Gasteiger partial charge in [-0.05, 0) is 124 Å². The first kappa shape index (κ1) is 26.6. The molecule has 0 saturated carbocycles. The van der Waals surface area contributed by atoms with Crippen LogP contribution in [0.5, 0.6) is 0 Å². The van der Waals surface area contributed by atoms with Gasteiger partial charge in [0.25, 0.3) is 0 Å². The number of rotatable bonds is 3. The molecule has 1 aromatic heterocycles. The standard InChI is InChI=1S/C48H28O/c1-2-9-32-26-33(19-16-29(32)8-1)34-20-17-30-18-21-35(28-36(30)27-34)45-37-11-3-5-13-39(37)47(40-14-6-4-12-38(40)45)41-24-25-44-48-42(41)23-22-31-10-7-15-43(49-44)46(31)48/h1-28H. The molecule has 1 heteroatoms. The maximum absolute atomic E-state index is 6.35. The first-order chi connectivity index (χ1) is 24.3. The number of hydrogen-bond donors (Lipinski definition) is 0. The Kier molecular flexibility index (Phi) is 5.45. The van der Waals surface area contributed by atoms with Gasteiger partial charge in [0.2, 0.25) is 0 Å². The van der Waals surface area contributed by atoms with Crippen molar-refractivity contribution >= 4 is 75.8 Å². The van der Waals surface area contributed by atoms with Crippen LogP contribution in [-0.4, -0.2) is 0 Å². The first-order valence-electron chi connectivity index (χ1n) is 16.9. The largest absolute Gasteiger partial charge is 0.456 e. The van der Waals surface area contributed by atoms with Gasteiger partial charge in [-0.15, -0.1) is 0 Å². The molecule has 0 N–H and O–H groups in total. The second kappa shape index (κ2) is 10.0. The summed E-state index contributed by atoms with van der Waals surface area (Å²) in [4.78, 5) is 0. The normalized spacial score (nSPS) is 12.1. The highest BCUT2D eigenvalue weighted by Gasteiger charge is 2.21. The van der Waals surface area contributed by atoms with Gasteiger partial charge in [-0.3, -0.25) is 0 Å². The zero-order chi connectivity index (χ0) is 32.1. The Morgan fingerprint density at radius 2 is 0.816 bits per heavy atom. The summed E-state index contributed by atoms with van der Waals surface area (Å²) in [5.74, 6) is 0. The van der Waals surface area contributed by atoms with E-state index in [2.05, 4.69) is 170 Å². The second-order valence-electron chi connectivity index (χ2n) is 13.2. The van der Waals surface area contributed by atoms with Crippen molar-refractivity contribution in [3.63, 3.8) is 0 Å². The maximum atomic E-state index is 6.35. The lowest BCUT2D eigenvalue weighted by Crippen LogP contribution is -1.92. The predicted octanol–water partition coefficient (Wildman–Crippen LogP) is 13.8. The lowest BCUT2D eigenvalue weighted by atomic mass is 9.84. The van der Waals surface area contributed by atoms with Crippen molar-refractivity contribution in [1.29, 1.82) is 0 Å². The molecule has 10 aromatic carbocycles. The topological polar surface area (TPSA) is 13.1 Å². The van der Waals surface area contributed by atoms with E-state index in [0.717, 1.165) is 11.2 Å². The molecular weight excluding hydrogens is 593 g/mol. The molecule has 0 radical (unpaired) electrons. The van der Waals surface area contributed by atoms with E-state index in [4.69, 9.17) is 4.42 Å². The van der Waals surface area contributed by atoms with E-state index in [9.17, 15) is 0 Å². The van der Waals surface area contributed by atoms with Crippen LogP contribution in [0, 0.1) is 0 Å². The zero-order valence-electron chi connectivity index (χ0n) is 26.6. The average Bonchev–Trinajstić information content (AvgIpc) is 3.55. The number of fused-ring (bicyclic) bond motifs is 4. The van der Waals surface area contributed by atoms with Gasteiger partial charge < -0.3 is 4.42 Å². The maximum Gasteiger partial charge on any atom is 0.136 e. The average molecular weight is 621 g/mol. The van der Waals surface area contributed by atoms with Gasteiger partial charge in [0, 0.05) is 10.8 Å². The molecule has 0 aliphatic heterocycles. The summed E-state index contributed by atoms with van der Waals surface area (Å²) in [6.07, 6.45) is 0. The molecule has 0 bridgehead atoms. The van der Waals surface area contributed by atoms with Gasteiger partial charge in [-0.25, -0.2) is 0 Å². The highest BCUT2D eigenvalue weighted by atomic mass is 16.3. The fraction of sp³-hybridized carbons (Fsp3) is 0. The minimum Gasteiger partial charge on any atom is -0.456 e. The van der Waals surface area contributed by atoms with Crippen LogP contribution in [0.3, 0.4) is 0 Å². The summed E-state index contributed by atoms with van der Waals surface area (Å²) in [5, 5.41) is 14.9. The highest BCUT2D eigenvalue weighted by molar-refractivity contribution is 6.28. The first-order valence-corrected chi connectivity index (χ1v) is 16.9. The summed E-state index contributed by atoms with van der Waals surface area (Å²) < 4.78 is 6.35. The van der Waals surface area contributed by atoms with Crippen LogP contribution in [-0.2, 0) is 0 Å². The van der Waals surface area contributed by atoms with Crippen LogP contribution in [0.1, 0.15) is 0 Å². The zero-order valence-corrected chi connectivity index (χ0v) is 26.6. The van der Waals surface area contributed by atoms with E-state index in [-0.39, 0.29) is 0 Å². The van der Waals surface area contributed by atoms with Crippen molar-refractivity contribution in [2.24, 2.45) is 0 Å². The van der Waals surface area contributed by atoms with Crippen LogP contribution in [0.25, 0.3) is 109 Å². The minimum absolute atomic E-state index is 0.940. The Bertz CT molecular complexity index is 3050. The molecule has 11 aromatic rings. The summed E-state index contributed by atoms with van der Waals surface area (Å²) in [7, 11) is 0. The molecular formula is C48H28O. The molecule has 11 rings (SSSR count). The molecule has 0 aliphatic rings. The molecule has 0 saturated heterocycles. The molecule has 0 fully saturated rings. The van der Waals surface area contributed by atoms with E-state index in [0.29, 0.717) is 0 Å². The van der Waals surface area contributed by atoms with E-state index in [1.54, 1.807) is 0 Å². The molecule has 0 spiro atoms. The van der Waals surface area contributed by atoms with Crippen LogP contribution >= 0.6 is 0 Å². The highest BCUT2D eigenvalue weighted by Crippen LogP contribution is 2.48. The van der Waals surface area contributed by atoms with Crippen LogP contribution in [0.4, 0.5) is 0 Å². The molecule has 0 amide bonds. The van der Waals surface area contributed by atoms with Crippen molar-refractivity contribution < 1.29 is 4.42 Å². The van der Waals surface area contributed by atoms with Crippen molar-refractivity contribution in [3.8, 4) is 33.4 Å². The number of furan rings is 1.